The van der Waals surface area contributed by atoms with Gasteiger partial charge in [0, 0.05) is 24.8 Å². The van der Waals surface area contributed by atoms with Gasteiger partial charge >= 0.3 is 5.97 Å². The van der Waals surface area contributed by atoms with Crippen molar-refractivity contribution in [3.8, 4) is 0 Å². The first-order valence-electron chi connectivity index (χ1n) is 7.40. The fourth-order valence-electron chi connectivity index (χ4n) is 2.81. The van der Waals surface area contributed by atoms with Crippen LogP contribution in [-0.4, -0.2) is 45.9 Å². The number of carboxylic acid groups (broad SMARTS) is 1. The minimum absolute atomic E-state index is 0.0202. The van der Waals surface area contributed by atoms with Crippen LogP contribution in [0.1, 0.15) is 17.3 Å². The summed E-state index contributed by atoms with van der Waals surface area (Å²) >= 11 is 0. The molecule has 1 fully saturated rings. The molecule has 1 saturated heterocycles. The number of aromatic nitrogens is 2. The lowest BCUT2D eigenvalue weighted by molar-refractivity contribution is 0.0694. The van der Waals surface area contributed by atoms with Gasteiger partial charge in [0.1, 0.15) is 17.9 Å². The number of carboxylic acids is 1. The summed E-state index contributed by atoms with van der Waals surface area (Å²) in [6, 6.07) is 0.728. The molecule has 0 amide bonds. The lowest BCUT2D eigenvalue weighted by Crippen LogP contribution is -2.63. The van der Waals surface area contributed by atoms with Gasteiger partial charge in [-0.05, 0) is 13.0 Å². The van der Waals surface area contributed by atoms with Crippen LogP contribution in [0.15, 0.2) is 17.1 Å². The molecule has 2 aromatic heterocycles. The number of anilines is 1. The Labute approximate surface area is 135 Å². The number of nitrogens with two attached hydrogens (primary N) is 1. The summed E-state index contributed by atoms with van der Waals surface area (Å²) in [7, 11) is 0. The Hall–Kier alpha value is -2.55. The molecule has 1 aliphatic heterocycles. The Morgan fingerprint density at radius 3 is 2.79 bits per heavy atom. The summed E-state index contributed by atoms with van der Waals surface area (Å²) in [5, 5.41) is 8.91. The number of rotatable bonds is 4. The van der Waals surface area contributed by atoms with Crippen molar-refractivity contribution in [1.29, 1.82) is 0 Å². The zero-order valence-corrected chi connectivity index (χ0v) is 12.9. The molecule has 7 nitrogen and oxygen atoms in total. The van der Waals surface area contributed by atoms with Crippen LogP contribution in [0.4, 0.5) is 14.6 Å². The van der Waals surface area contributed by atoms with E-state index in [1.165, 1.54) is 4.57 Å². The Morgan fingerprint density at radius 1 is 1.54 bits per heavy atom. The molecule has 24 heavy (non-hydrogen) atoms. The van der Waals surface area contributed by atoms with E-state index in [4.69, 9.17) is 10.8 Å². The molecule has 128 valence electrons. The van der Waals surface area contributed by atoms with Crippen molar-refractivity contribution in [2.75, 3.05) is 18.1 Å². The minimum atomic E-state index is -1.46. The summed E-state index contributed by atoms with van der Waals surface area (Å²) in [5.74, 6) is -2.18. The van der Waals surface area contributed by atoms with Crippen molar-refractivity contribution in [1.82, 2.24) is 9.55 Å². The largest absolute Gasteiger partial charge is 0.477 e. The first-order valence-corrected chi connectivity index (χ1v) is 7.40. The fraction of sp³-hybridized carbons (Fsp3) is 0.400. The standard InChI is InChI=1S/C15H16F2N4O3/c1-7-11(18)6-21(7)14-10(17)4-8-12(22)9(15(23)24)5-20(3-2-16)13(8)19-14/h4-5,7,11H,2-3,6,18H2,1H3,(H,23,24). The van der Waals surface area contributed by atoms with Gasteiger partial charge < -0.3 is 20.3 Å². The van der Waals surface area contributed by atoms with E-state index < -0.39 is 29.5 Å². The zero-order valence-electron chi connectivity index (χ0n) is 12.9. The Balaban J connectivity index is 2.25. The number of aromatic carboxylic acids is 1. The monoisotopic (exact) mass is 338 g/mol. The molecule has 0 bridgehead atoms. The number of halogens is 2. The highest BCUT2D eigenvalue weighted by Gasteiger charge is 2.35. The number of alkyl halides is 1. The van der Waals surface area contributed by atoms with Crippen molar-refractivity contribution >= 4 is 22.8 Å². The molecule has 2 unspecified atom stereocenters. The maximum Gasteiger partial charge on any atom is 0.341 e. The second-order valence-corrected chi connectivity index (χ2v) is 5.78. The lowest BCUT2D eigenvalue weighted by atomic mass is 9.99. The number of hydrogen-bond acceptors (Lipinski definition) is 5. The van der Waals surface area contributed by atoms with Crippen LogP contribution >= 0.6 is 0 Å². The fourth-order valence-corrected chi connectivity index (χ4v) is 2.81. The molecule has 2 aromatic rings. The zero-order chi connectivity index (χ0) is 17.6. The summed E-state index contributed by atoms with van der Waals surface area (Å²) in [4.78, 5) is 29.2. The molecular formula is C15H16F2N4O3. The summed E-state index contributed by atoms with van der Waals surface area (Å²) in [6.45, 7) is 1.26. The van der Waals surface area contributed by atoms with Crippen molar-refractivity contribution in [2.24, 2.45) is 5.73 Å². The van der Waals surface area contributed by atoms with Gasteiger partial charge in [-0.15, -0.1) is 0 Å². The maximum atomic E-state index is 14.4. The number of carbonyl (C=O) groups is 1. The first kappa shape index (κ1) is 16.3. The molecule has 0 aliphatic carbocycles. The molecule has 3 rings (SSSR count). The molecule has 1 aliphatic rings. The van der Waals surface area contributed by atoms with E-state index in [1.807, 2.05) is 6.92 Å². The van der Waals surface area contributed by atoms with Crippen LogP contribution in [0.25, 0.3) is 11.0 Å². The minimum Gasteiger partial charge on any atom is -0.477 e. The third-order valence-corrected chi connectivity index (χ3v) is 4.33. The number of hydrogen-bond donors (Lipinski definition) is 2. The SMILES string of the molecule is CC1C(N)CN1c1nc2c(cc1F)c(=O)c(C(=O)O)cn2CCF. The molecule has 9 heteroatoms. The van der Waals surface area contributed by atoms with Crippen LogP contribution < -0.4 is 16.1 Å². The van der Waals surface area contributed by atoms with Crippen LogP contribution in [0.5, 0.6) is 0 Å². The van der Waals surface area contributed by atoms with Crippen LogP contribution in [-0.2, 0) is 6.54 Å². The number of nitrogens with zero attached hydrogens (tertiary/aromatic N) is 3. The summed E-state index contributed by atoms with van der Waals surface area (Å²) in [5.41, 5.74) is 4.45. The smallest absolute Gasteiger partial charge is 0.341 e. The average Bonchev–Trinajstić information content (AvgIpc) is 2.54. The van der Waals surface area contributed by atoms with Gasteiger partial charge in [-0.2, -0.15) is 0 Å². The highest BCUT2D eigenvalue weighted by atomic mass is 19.1. The quantitative estimate of drug-likeness (QED) is 0.853. The first-order chi connectivity index (χ1) is 11.3. The van der Waals surface area contributed by atoms with Crippen LogP contribution in [0.3, 0.4) is 0 Å². The van der Waals surface area contributed by atoms with Crippen LogP contribution in [0, 0.1) is 5.82 Å². The van der Waals surface area contributed by atoms with Gasteiger partial charge in [0.2, 0.25) is 5.43 Å². The molecule has 2 atom stereocenters. The van der Waals surface area contributed by atoms with Gasteiger partial charge in [0.05, 0.1) is 11.9 Å². The van der Waals surface area contributed by atoms with Gasteiger partial charge in [-0.1, -0.05) is 0 Å². The molecule has 0 aromatic carbocycles. The van der Waals surface area contributed by atoms with E-state index in [-0.39, 0.29) is 35.5 Å². The van der Waals surface area contributed by atoms with E-state index in [9.17, 15) is 18.4 Å². The predicted octanol–water partition coefficient (Wildman–Crippen LogP) is 0.739. The third kappa shape index (κ3) is 2.41. The summed E-state index contributed by atoms with van der Waals surface area (Å²) in [6.07, 6.45) is 1.03. The molecule has 3 N–H and O–H groups in total. The average molecular weight is 338 g/mol. The van der Waals surface area contributed by atoms with E-state index in [1.54, 1.807) is 4.90 Å². The van der Waals surface area contributed by atoms with Crippen molar-refractivity contribution < 1.29 is 18.7 Å². The molecular weight excluding hydrogens is 322 g/mol. The highest BCUT2D eigenvalue weighted by Crippen LogP contribution is 2.28. The normalized spacial score (nSPS) is 20.2. The van der Waals surface area contributed by atoms with Gasteiger partial charge in [0.15, 0.2) is 11.6 Å². The second kappa shape index (κ2) is 5.82. The predicted molar refractivity (Wildman–Crippen MR) is 83.7 cm³/mol. The Morgan fingerprint density at radius 2 is 2.25 bits per heavy atom. The van der Waals surface area contributed by atoms with Crippen LogP contribution in [0.2, 0.25) is 0 Å². The molecule has 0 saturated carbocycles. The maximum absolute atomic E-state index is 14.4. The van der Waals surface area contributed by atoms with Gasteiger partial charge in [-0.3, -0.25) is 4.79 Å². The highest BCUT2D eigenvalue weighted by molar-refractivity contribution is 5.92. The van der Waals surface area contributed by atoms with E-state index in [0.717, 1.165) is 12.3 Å². The van der Waals surface area contributed by atoms with Crippen molar-refractivity contribution in [2.45, 2.75) is 25.6 Å². The third-order valence-electron chi connectivity index (χ3n) is 4.33. The topological polar surface area (TPSA) is 101 Å². The van der Waals surface area contributed by atoms with E-state index in [0.29, 0.717) is 6.54 Å². The number of fused-ring (bicyclic) bond motifs is 1. The Kier molecular flexibility index (Phi) is 3.96. The molecule has 3 heterocycles. The van der Waals surface area contributed by atoms with Gasteiger partial charge in [-0.25, -0.2) is 18.6 Å². The second-order valence-electron chi connectivity index (χ2n) is 5.78. The number of pyridine rings is 2. The molecule has 0 spiro atoms. The van der Waals surface area contributed by atoms with Crippen molar-refractivity contribution in [3.05, 3.63) is 33.9 Å². The van der Waals surface area contributed by atoms with E-state index >= 15 is 0 Å². The van der Waals surface area contributed by atoms with E-state index in [2.05, 4.69) is 4.98 Å². The lowest BCUT2D eigenvalue weighted by Gasteiger charge is -2.45. The van der Waals surface area contributed by atoms with Crippen molar-refractivity contribution in [3.63, 3.8) is 0 Å². The summed E-state index contributed by atoms with van der Waals surface area (Å²) < 4.78 is 28.4. The number of aryl methyl sites for hydroxylation is 1. The van der Waals surface area contributed by atoms with Gasteiger partial charge in [0.25, 0.3) is 0 Å². The Bertz CT molecular complexity index is 883. The molecule has 0 radical (unpaired) electrons.